The number of rotatable bonds is 3. The third kappa shape index (κ3) is 3.41. The number of carbonyl (C=O) groups is 2. The van der Waals surface area contributed by atoms with Gasteiger partial charge in [-0.3, -0.25) is 9.59 Å². The van der Waals surface area contributed by atoms with Crippen LogP contribution in [-0.4, -0.2) is 28.0 Å². The number of carboxylic acids is 1. The Morgan fingerprint density at radius 3 is 2.53 bits per heavy atom. The first-order chi connectivity index (χ1) is 7.71. The van der Waals surface area contributed by atoms with Crippen LogP contribution in [0.2, 0.25) is 0 Å². The molecule has 0 bridgehead atoms. The van der Waals surface area contributed by atoms with E-state index in [0.29, 0.717) is 0 Å². The van der Waals surface area contributed by atoms with Crippen molar-refractivity contribution in [2.24, 2.45) is 0 Å². The van der Waals surface area contributed by atoms with E-state index < -0.39 is 34.8 Å². The fourth-order valence-corrected chi connectivity index (χ4v) is 1.51. The molecule has 0 saturated carbocycles. The van der Waals surface area contributed by atoms with E-state index in [0.717, 1.165) is 5.38 Å². The highest BCUT2D eigenvalue weighted by Gasteiger charge is 2.35. The minimum Gasteiger partial charge on any atom is -0.480 e. The van der Waals surface area contributed by atoms with Crippen molar-refractivity contribution in [3.63, 3.8) is 0 Å². The molecule has 0 aliphatic carbocycles. The topological polar surface area (TPSA) is 79.3 Å². The number of aliphatic carboxylic acids is 1. The van der Waals surface area contributed by atoms with E-state index in [4.69, 9.17) is 5.11 Å². The van der Waals surface area contributed by atoms with E-state index in [1.54, 1.807) is 0 Å². The number of carbonyl (C=O) groups excluding carboxylic acids is 1. The maximum Gasteiger partial charge on any atom is 0.443 e. The van der Waals surface area contributed by atoms with Crippen LogP contribution >= 0.6 is 11.3 Å². The van der Waals surface area contributed by atoms with Gasteiger partial charge in [0.25, 0.3) is 5.91 Å². The van der Waals surface area contributed by atoms with Crippen molar-refractivity contribution in [1.29, 1.82) is 0 Å². The van der Waals surface area contributed by atoms with Crippen LogP contribution in [0.4, 0.5) is 13.2 Å². The number of hydrogen-bond acceptors (Lipinski definition) is 4. The summed E-state index contributed by atoms with van der Waals surface area (Å²) in [5.41, 5.74) is -0.449. The second kappa shape index (κ2) is 4.70. The third-order valence-corrected chi connectivity index (χ3v) is 2.58. The number of hydrogen-bond donors (Lipinski definition) is 2. The fourth-order valence-electron chi connectivity index (χ4n) is 0.841. The highest BCUT2D eigenvalue weighted by molar-refractivity contribution is 7.09. The summed E-state index contributed by atoms with van der Waals surface area (Å²) >= 11 is 0.276. The number of alkyl halides is 3. The van der Waals surface area contributed by atoms with Crippen LogP contribution in [0.5, 0.6) is 0 Å². The summed E-state index contributed by atoms with van der Waals surface area (Å²) in [6.07, 6.45) is -4.61. The lowest BCUT2D eigenvalue weighted by molar-refractivity contribution is -0.139. The van der Waals surface area contributed by atoms with Gasteiger partial charge in [0.15, 0.2) is 5.01 Å². The van der Waals surface area contributed by atoms with Crippen molar-refractivity contribution < 1.29 is 27.9 Å². The molecule has 1 atom stereocenters. The van der Waals surface area contributed by atoms with Gasteiger partial charge >= 0.3 is 12.1 Å². The number of nitrogens with one attached hydrogen (secondary N) is 1. The number of thiazole rings is 1. The fraction of sp³-hybridized carbons (Fsp3) is 0.375. The van der Waals surface area contributed by atoms with Crippen LogP contribution in [0.15, 0.2) is 5.38 Å². The Labute approximate surface area is 97.3 Å². The van der Waals surface area contributed by atoms with Gasteiger partial charge in [-0.2, -0.15) is 13.2 Å². The number of aromatic nitrogens is 1. The van der Waals surface area contributed by atoms with Gasteiger partial charge in [-0.05, 0) is 6.92 Å². The average Bonchev–Trinajstić information content (AvgIpc) is 2.65. The van der Waals surface area contributed by atoms with Gasteiger partial charge in [0.2, 0.25) is 0 Å². The summed E-state index contributed by atoms with van der Waals surface area (Å²) in [6.45, 7) is 1.19. The van der Waals surface area contributed by atoms with Crippen molar-refractivity contribution in [1.82, 2.24) is 10.3 Å². The van der Waals surface area contributed by atoms with Crippen molar-refractivity contribution in [3.05, 3.63) is 16.1 Å². The Bertz CT molecular complexity index is 443. The average molecular weight is 268 g/mol. The minimum atomic E-state index is -4.61. The summed E-state index contributed by atoms with van der Waals surface area (Å²) in [4.78, 5) is 24.8. The molecule has 0 aliphatic rings. The molecule has 1 unspecified atom stereocenters. The highest BCUT2D eigenvalue weighted by atomic mass is 32.1. The number of amides is 1. The summed E-state index contributed by atoms with van der Waals surface area (Å²) in [6, 6.07) is -1.20. The largest absolute Gasteiger partial charge is 0.480 e. The SMILES string of the molecule is CC(NC(=O)c1csc(C(F)(F)F)n1)C(=O)O. The molecular weight excluding hydrogens is 261 g/mol. The molecule has 1 aromatic heterocycles. The van der Waals surface area contributed by atoms with Crippen LogP contribution in [0.25, 0.3) is 0 Å². The lowest BCUT2D eigenvalue weighted by atomic mass is 10.3. The van der Waals surface area contributed by atoms with Crippen LogP contribution < -0.4 is 5.32 Å². The van der Waals surface area contributed by atoms with Crippen molar-refractivity contribution in [2.75, 3.05) is 0 Å². The zero-order chi connectivity index (χ0) is 13.2. The second-order valence-electron chi connectivity index (χ2n) is 3.07. The van der Waals surface area contributed by atoms with Crippen molar-refractivity contribution in [3.8, 4) is 0 Å². The first kappa shape index (κ1) is 13.4. The van der Waals surface area contributed by atoms with E-state index in [1.807, 2.05) is 5.32 Å². The Morgan fingerprint density at radius 2 is 2.12 bits per heavy atom. The number of nitrogens with zero attached hydrogens (tertiary/aromatic N) is 1. The zero-order valence-corrected chi connectivity index (χ0v) is 9.22. The predicted molar refractivity (Wildman–Crippen MR) is 51.7 cm³/mol. The van der Waals surface area contributed by atoms with Gasteiger partial charge in [-0.25, -0.2) is 4.98 Å². The molecule has 1 rings (SSSR count). The molecule has 2 N–H and O–H groups in total. The lowest BCUT2D eigenvalue weighted by Crippen LogP contribution is -2.38. The maximum absolute atomic E-state index is 12.2. The number of halogens is 3. The predicted octanol–water partition coefficient (Wildman–Crippen LogP) is 1.36. The normalized spacial score (nSPS) is 13.2. The van der Waals surface area contributed by atoms with Gasteiger partial charge in [0.05, 0.1) is 0 Å². The van der Waals surface area contributed by atoms with Crippen molar-refractivity contribution in [2.45, 2.75) is 19.1 Å². The van der Waals surface area contributed by atoms with Gasteiger partial charge in [0.1, 0.15) is 11.7 Å². The standard InChI is InChI=1S/C8H7F3N2O3S/c1-3(6(15)16)12-5(14)4-2-17-7(13-4)8(9,10)11/h2-3H,1H3,(H,12,14)(H,15,16). The van der Waals surface area contributed by atoms with Gasteiger partial charge in [-0.15, -0.1) is 11.3 Å². The molecular formula is C8H7F3N2O3S. The van der Waals surface area contributed by atoms with Crippen molar-refractivity contribution >= 4 is 23.2 Å². The van der Waals surface area contributed by atoms with Gasteiger partial charge in [-0.1, -0.05) is 0 Å². The molecule has 5 nitrogen and oxygen atoms in total. The summed E-state index contributed by atoms with van der Waals surface area (Å²) in [5.74, 6) is -2.24. The summed E-state index contributed by atoms with van der Waals surface area (Å²) < 4.78 is 36.5. The van der Waals surface area contributed by atoms with Crippen LogP contribution in [0.3, 0.4) is 0 Å². The minimum absolute atomic E-state index is 0.276. The molecule has 0 saturated heterocycles. The molecule has 1 heterocycles. The highest BCUT2D eigenvalue weighted by Crippen LogP contribution is 2.31. The monoisotopic (exact) mass is 268 g/mol. The Hall–Kier alpha value is -1.64. The van der Waals surface area contributed by atoms with E-state index in [1.165, 1.54) is 6.92 Å². The van der Waals surface area contributed by atoms with E-state index >= 15 is 0 Å². The quantitative estimate of drug-likeness (QED) is 0.867. The molecule has 0 spiro atoms. The Morgan fingerprint density at radius 1 is 1.53 bits per heavy atom. The van der Waals surface area contributed by atoms with E-state index in [-0.39, 0.29) is 11.3 Å². The smallest absolute Gasteiger partial charge is 0.443 e. The van der Waals surface area contributed by atoms with E-state index in [2.05, 4.69) is 4.98 Å². The van der Waals surface area contributed by atoms with Gasteiger partial charge in [0, 0.05) is 5.38 Å². The van der Waals surface area contributed by atoms with Crippen LogP contribution in [-0.2, 0) is 11.0 Å². The molecule has 0 aliphatic heterocycles. The Balaban J connectivity index is 2.78. The molecule has 1 aromatic rings. The summed E-state index contributed by atoms with van der Waals surface area (Å²) in [7, 11) is 0. The first-order valence-corrected chi connectivity index (χ1v) is 5.16. The zero-order valence-electron chi connectivity index (χ0n) is 8.41. The lowest BCUT2D eigenvalue weighted by Gasteiger charge is -2.07. The molecule has 0 aromatic carbocycles. The molecule has 0 fully saturated rings. The Kier molecular flexibility index (Phi) is 3.71. The summed E-state index contributed by atoms with van der Waals surface area (Å²) in [5, 5.41) is 10.3. The molecule has 1 amide bonds. The van der Waals surface area contributed by atoms with Crippen LogP contribution in [0, 0.1) is 0 Å². The number of carboxylic acid groups (broad SMARTS) is 1. The molecule has 94 valence electrons. The maximum atomic E-state index is 12.2. The van der Waals surface area contributed by atoms with Gasteiger partial charge < -0.3 is 10.4 Å². The van der Waals surface area contributed by atoms with Crippen LogP contribution in [0.1, 0.15) is 22.4 Å². The van der Waals surface area contributed by atoms with E-state index in [9.17, 15) is 22.8 Å². The molecule has 9 heteroatoms. The second-order valence-corrected chi connectivity index (χ2v) is 3.93. The first-order valence-electron chi connectivity index (χ1n) is 4.28. The molecule has 0 radical (unpaired) electrons. The molecule has 17 heavy (non-hydrogen) atoms. The third-order valence-electron chi connectivity index (χ3n) is 1.70.